The SMILES string of the molecule is Nc1ccc(F)c(C(=O)OCc2ccc(F)cc2)c1. The molecule has 0 unspecified atom stereocenters. The molecule has 3 nitrogen and oxygen atoms in total. The van der Waals surface area contributed by atoms with Gasteiger partial charge in [-0.2, -0.15) is 0 Å². The molecule has 0 aliphatic rings. The van der Waals surface area contributed by atoms with Crippen molar-refractivity contribution in [1.82, 2.24) is 0 Å². The first-order valence-corrected chi connectivity index (χ1v) is 5.53. The minimum absolute atomic E-state index is 0.0622. The lowest BCUT2D eigenvalue weighted by Crippen LogP contribution is -2.08. The summed E-state index contributed by atoms with van der Waals surface area (Å²) in [5, 5.41) is 0. The van der Waals surface area contributed by atoms with E-state index >= 15 is 0 Å². The molecule has 2 aromatic carbocycles. The zero-order chi connectivity index (χ0) is 13.8. The molecule has 2 N–H and O–H groups in total. The predicted molar refractivity (Wildman–Crippen MR) is 66.3 cm³/mol. The van der Waals surface area contributed by atoms with Crippen molar-refractivity contribution in [2.75, 3.05) is 5.73 Å². The fraction of sp³-hybridized carbons (Fsp3) is 0.0714. The van der Waals surface area contributed by atoms with Crippen molar-refractivity contribution in [1.29, 1.82) is 0 Å². The Kier molecular flexibility index (Phi) is 3.75. The van der Waals surface area contributed by atoms with Crippen molar-refractivity contribution in [2.45, 2.75) is 6.61 Å². The molecule has 0 atom stereocenters. The summed E-state index contributed by atoms with van der Waals surface area (Å²) in [7, 11) is 0. The van der Waals surface area contributed by atoms with E-state index in [-0.39, 0.29) is 23.7 Å². The Morgan fingerprint density at radius 2 is 1.79 bits per heavy atom. The summed E-state index contributed by atoms with van der Waals surface area (Å²) in [6.45, 7) is -0.0622. The Bertz CT molecular complexity index is 597. The van der Waals surface area contributed by atoms with E-state index in [2.05, 4.69) is 0 Å². The van der Waals surface area contributed by atoms with Gasteiger partial charge in [0, 0.05) is 5.69 Å². The van der Waals surface area contributed by atoms with Gasteiger partial charge in [0.1, 0.15) is 18.2 Å². The minimum atomic E-state index is -0.811. The Labute approximate surface area is 108 Å². The third-order valence-corrected chi connectivity index (χ3v) is 2.49. The first-order chi connectivity index (χ1) is 9.06. The van der Waals surface area contributed by atoms with E-state index in [1.54, 1.807) is 0 Å². The summed E-state index contributed by atoms with van der Waals surface area (Å²) >= 11 is 0. The van der Waals surface area contributed by atoms with E-state index in [0.717, 1.165) is 6.07 Å². The zero-order valence-electron chi connectivity index (χ0n) is 9.90. The van der Waals surface area contributed by atoms with Crippen LogP contribution in [0.5, 0.6) is 0 Å². The van der Waals surface area contributed by atoms with Gasteiger partial charge in [-0.25, -0.2) is 13.6 Å². The lowest BCUT2D eigenvalue weighted by molar-refractivity contribution is 0.0467. The smallest absolute Gasteiger partial charge is 0.341 e. The highest BCUT2D eigenvalue weighted by atomic mass is 19.1. The Balaban J connectivity index is 2.05. The van der Waals surface area contributed by atoms with E-state index in [9.17, 15) is 13.6 Å². The van der Waals surface area contributed by atoms with Gasteiger partial charge in [-0.1, -0.05) is 12.1 Å². The molecule has 0 bridgehead atoms. The third kappa shape index (κ3) is 3.28. The number of carbonyl (C=O) groups excluding carboxylic acids is 1. The summed E-state index contributed by atoms with van der Waals surface area (Å²) in [5.74, 6) is -1.88. The van der Waals surface area contributed by atoms with Crippen LogP contribution in [0.25, 0.3) is 0 Å². The maximum Gasteiger partial charge on any atom is 0.341 e. The second-order valence-corrected chi connectivity index (χ2v) is 3.94. The molecule has 0 saturated heterocycles. The maximum absolute atomic E-state index is 13.4. The average molecular weight is 263 g/mol. The number of halogens is 2. The van der Waals surface area contributed by atoms with Crippen molar-refractivity contribution in [2.24, 2.45) is 0 Å². The van der Waals surface area contributed by atoms with Gasteiger partial charge in [0.25, 0.3) is 0 Å². The fourth-order valence-electron chi connectivity index (χ4n) is 1.51. The summed E-state index contributed by atoms with van der Waals surface area (Å²) < 4.78 is 31.0. The predicted octanol–water partition coefficient (Wildman–Crippen LogP) is 2.90. The van der Waals surface area contributed by atoms with Crippen LogP contribution in [-0.4, -0.2) is 5.97 Å². The summed E-state index contributed by atoms with van der Waals surface area (Å²) in [6, 6.07) is 9.14. The second kappa shape index (κ2) is 5.48. The maximum atomic E-state index is 13.4. The number of nitrogens with two attached hydrogens (primary N) is 1. The first kappa shape index (κ1) is 13.0. The lowest BCUT2D eigenvalue weighted by Gasteiger charge is -2.06. The molecule has 0 aliphatic carbocycles. The van der Waals surface area contributed by atoms with Gasteiger partial charge in [-0.15, -0.1) is 0 Å². The first-order valence-electron chi connectivity index (χ1n) is 5.53. The number of ether oxygens (including phenoxy) is 1. The fourth-order valence-corrected chi connectivity index (χ4v) is 1.51. The largest absolute Gasteiger partial charge is 0.457 e. The third-order valence-electron chi connectivity index (χ3n) is 2.49. The normalized spacial score (nSPS) is 10.2. The van der Waals surface area contributed by atoms with Crippen molar-refractivity contribution in [3.8, 4) is 0 Å². The van der Waals surface area contributed by atoms with E-state index < -0.39 is 11.8 Å². The molecule has 0 heterocycles. The highest BCUT2D eigenvalue weighted by Crippen LogP contribution is 2.14. The highest BCUT2D eigenvalue weighted by molar-refractivity contribution is 5.90. The van der Waals surface area contributed by atoms with E-state index in [0.29, 0.717) is 5.56 Å². The molecule has 0 saturated carbocycles. The number of esters is 1. The summed E-state index contributed by atoms with van der Waals surface area (Å²) in [6.07, 6.45) is 0. The molecule has 98 valence electrons. The van der Waals surface area contributed by atoms with E-state index in [4.69, 9.17) is 10.5 Å². The molecule has 2 aromatic rings. The second-order valence-electron chi connectivity index (χ2n) is 3.94. The van der Waals surface area contributed by atoms with Gasteiger partial charge < -0.3 is 10.5 Å². The van der Waals surface area contributed by atoms with Crippen LogP contribution in [0.1, 0.15) is 15.9 Å². The van der Waals surface area contributed by atoms with Gasteiger partial charge in [0.15, 0.2) is 0 Å². The Morgan fingerprint density at radius 1 is 1.11 bits per heavy atom. The van der Waals surface area contributed by atoms with Crippen LogP contribution in [0, 0.1) is 11.6 Å². The van der Waals surface area contributed by atoms with Gasteiger partial charge in [0.05, 0.1) is 5.56 Å². The molecule has 2 rings (SSSR count). The molecule has 0 spiro atoms. The monoisotopic (exact) mass is 263 g/mol. The van der Waals surface area contributed by atoms with Crippen molar-refractivity contribution >= 4 is 11.7 Å². The molecule has 0 aromatic heterocycles. The number of benzene rings is 2. The number of nitrogen functional groups attached to an aromatic ring is 1. The number of carbonyl (C=O) groups is 1. The van der Waals surface area contributed by atoms with Crippen molar-refractivity contribution < 1.29 is 18.3 Å². The molecule has 0 fully saturated rings. The van der Waals surface area contributed by atoms with Crippen molar-refractivity contribution in [3.05, 3.63) is 65.2 Å². The number of hydrogen-bond donors (Lipinski definition) is 1. The summed E-state index contributed by atoms with van der Waals surface area (Å²) in [5.41, 5.74) is 6.14. The minimum Gasteiger partial charge on any atom is -0.457 e. The van der Waals surface area contributed by atoms with Crippen LogP contribution in [0.4, 0.5) is 14.5 Å². The Hall–Kier alpha value is -2.43. The van der Waals surface area contributed by atoms with Gasteiger partial charge in [0.2, 0.25) is 0 Å². The quantitative estimate of drug-likeness (QED) is 0.684. The van der Waals surface area contributed by atoms with Crippen molar-refractivity contribution in [3.63, 3.8) is 0 Å². The summed E-state index contributed by atoms with van der Waals surface area (Å²) in [4.78, 5) is 11.7. The topological polar surface area (TPSA) is 52.3 Å². The van der Waals surface area contributed by atoms with Crippen LogP contribution >= 0.6 is 0 Å². The average Bonchev–Trinajstić information content (AvgIpc) is 2.40. The van der Waals surface area contributed by atoms with Gasteiger partial charge >= 0.3 is 5.97 Å². The molecule has 0 aliphatic heterocycles. The van der Waals surface area contributed by atoms with Crippen LogP contribution in [-0.2, 0) is 11.3 Å². The zero-order valence-corrected chi connectivity index (χ0v) is 9.90. The van der Waals surface area contributed by atoms with Crippen LogP contribution in [0.2, 0.25) is 0 Å². The molecular weight excluding hydrogens is 252 g/mol. The number of anilines is 1. The van der Waals surface area contributed by atoms with Crippen LogP contribution in [0.15, 0.2) is 42.5 Å². The standard InChI is InChI=1S/C14H11F2NO2/c15-10-3-1-9(2-4-10)8-19-14(18)12-7-11(17)5-6-13(12)16/h1-7H,8,17H2. The molecule has 0 radical (unpaired) electrons. The van der Waals surface area contributed by atoms with E-state index in [1.165, 1.54) is 36.4 Å². The Morgan fingerprint density at radius 3 is 2.47 bits per heavy atom. The van der Waals surface area contributed by atoms with Gasteiger partial charge in [-0.05, 0) is 35.9 Å². The highest BCUT2D eigenvalue weighted by Gasteiger charge is 2.13. The van der Waals surface area contributed by atoms with Crippen LogP contribution in [0.3, 0.4) is 0 Å². The number of rotatable bonds is 3. The molecule has 5 heteroatoms. The molecule has 0 amide bonds. The van der Waals surface area contributed by atoms with E-state index in [1.807, 2.05) is 0 Å². The molecule has 19 heavy (non-hydrogen) atoms. The number of hydrogen-bond acceptors (Lipinski definition) is 3. The molecular formula is C14H11F2NO2. The van der Waals surface area contributed by atoms with Gasteiger partial charge in [-0.3, -0.25) is 0 Å². The van der Waals surface area contributed by atoms with Crippen LogP contribution < -0.4 is 5.73 Å². The lowest BCUT2D eigenvalue weighted by atomic mass is 10.2.